The van der Waals surface area contributed by atoms with E-state index in [2.05, 4.69) is 39.9 Å². The monoisotopic (exact) mass is 354 g/mol. The van der Waals surface area contributed by atoms with E-state index in [4.69, 9.17) is 0 Å². The number of urea groups is 1. The lowest BCUT2D eigenvalue weighted by Crippen LogP contribution is -2.44. The van der Waals surface area contributed by atoms with E-state index in [1.54, 1.807) is 23.3 Å². The minimum absolute atomic E-state index is 0.127. The van der Waals surface area contributed by atoms with E-state index in [0.717, 1.165) is 16.4 Å². The summed E-state index contributed by atoms with van der Waals surface area (Å²) in [5.74, 6) is 0. The van der Waals surface area contributed by atoms with Crippen molar-refractivity contribution in [3.63, 3.8) is 0 Å². The Morgan fingerprint density at radius 1 is 1.36 bits per heavy atom. The Kier molecular flexibility index (Phi) is 3.69. The van der Waals surface area contributed by atoms with Crippen molar-refractivity contribution in [1.82, 2.24) is 20.1 Å². The van der Waals surface area contributed by atoms with Gasteiger partial charge in [-0.3, -0.25) is 0 Å². The summed E-state index contributed by atoms with van der Waals surface area (Å²) in [6.45, 7) is 4.14. The molecule has 1 unspecified atom stereocenters. The van der Waals surface area contributed by atoms with Gasteiger partial charge in [-0.25, -0.2) is 14.5 Å². The van der Waals surface area contributed by atoms with Gasteiger partial charge in [-0.05, 0) is 25.5 Å². The Hall–Kier alpha value is -2.87. The second-order valence-corrected chi connectivity index (χ2v) is 7.33. The van der Waals surface area contributed by atoms with Crippen molar-refractivity contribution in [3.05, 3.63) is 53.8 Å². The van der Waals surface area contributed by atoms with Crippen molar-refractivity contribution < 1.29 is 4.79 Å². The molecule has 128 valence electrons. The third kappa shape index (κ3) is 2.96. The van der Waals surface area contributed by atoms with E-state index in [1.165, 1.54) is 11.3 Å². The molecule has 8 heteroatoms. The van der Waals surface area contributed by atoms with Crippen molar-refractivity contribution in [2.24, 2.45) is 0 Å². The van der Waals surface area contributed by atoms with Gasteiger partial charge in [-0.2, -0.15) is 5.10 Å². The predicted octanol–water partition coefficient (Wildman–Crippen LogP) is 3.40. The van der Waals surface area contributed by atoms with Crippen LogP contribution >= 0.6 is 11.3 Å². The summed E-state index contributed by atoms with van der Waals surface area (Å²) in [7, 11) is 0. The highest BCUT2D eigenvalue weighted by molar-refractivity contribution is 7.12. The molecule has 2 amide bonds. The first-order valence-electron chi connectivity index (χ1n) is 7.92. The fourth-order valence-corrected chi connectivity index (χ4v) is 3.62. The van der Waals surface area contributed by atoms with Gasteiger partial charge in [-0.1, -0.05) is 18.2 Å². The number of fused-ring (bicyclic) bond motifs is 1. The van der Waals surface area contributed by atoms with Crippen molar-refractivity contribution in [2.75, 3.05) is 10.6 Å². The fourth-order valence-electron chi connectivity index (χ4n) is 3.05. The maximum atomic E-state index is 12.5. The van der Waals surface area contributed by atoms with Gasteiger partial charge in [0.05, 0.1) is 29.7 Å². The standard InChI is InChI=1S/C17H18N6OS/c1-17(2)14(12-5-3-4-6-13(12)22-17)21-15(24)20-11-9-19-23(10-11)16-18-7-8-25-16/h3-10,14,22H,1-2H3,(H2,20,21,24). The van der Waals surface area contributed by atoms with Crippen LogP contribution in [-0.2, 0) is 0 Å². The predicted molar refractivity (Wildman–Crippen MR) is 98.3 cm³/mol. The molecule has 3 aromatic rings. The quantitative estimate of drug-likeness (QED) is 0.673. The molecule has 0 spiro atoms. The molecule has 2 aromatic heterocycles. The summed E-state index contributed by atoms with van der Waals surface area (Å²) >= 11 is 1.48. The first-order chi connectivity index (χ1) is 12.0. The van der Waals surface area contributed by atoms with Crippen LogP contribution in [-0.4, -0.2) is 26.3 Å². The summed E-state index contributed by atoms with van der Waals surface area (Å²) in [4.78, 5) is 16.7. The van der Waals surface area contributed by atoms with Crippen molar-refractivity contribution in [3.8, 4) is 5.13 Å². The summed E-state index contributed by atoms with van der Waals surface area (Å²) in [6.07, 6.45) is 5.06. The van der Waals surface area contributed by atoms with Crippen LogP contribution in [0.1, 0.15) is 25.5 Å². The Morgan fingerprint density at radius 3 is 3.00 bits per heavy atom. The number of amides is 2. The van der Waals surface area contributed by atoms with E-state index in [9.17, 15) is 4.79 Å². The average molecular weight is 354 g/mol. The summed E-state index contributed by atoms with van der Waals surface area (Å²) in [5, 5.41) is 16.2. The topological polar surface area (TPSA) is 83.9 Å². The minimum Gasteiger partial charge on any atom is -0.377 e. The van der Waals surface area contributed by atoms with Gasteiger partial charge < -0.3 is 16.0 Å². The Bertz CT molecular complexity index is 902. The molecular weight excluding hydrogens is 336 g/mol. The van der Waals surface area contributed by atoms with Crippen LogP contribution in [0.4, 0.5) is 16.2 Å². The molecule has 0 fully saturated rings. The number of carbonyl (C=O) groups excluding carboxylic acids is 1. The zero-order chi connectivity index (χ0) is 17.4. The number of hydrogen-bond donors (Lipinski definition) is 3. The third-order valence-electron chi connectivity index (χ3n) is 4.18. The van der Waals surface area contributed by atoms with Crippen molar-refractivity contribution in [2.45, 2.75) is 25.4 Å². The lowest BCUT2D eigenvalue weighted by molar-refractivity contribution is 0.244. The van der Waals surface area contributed by atoms with Crippen LogP contribution in [0, 0.1) is 0 Å². The van der Waals surface area contributed by atoms with E-state index in [0.29, 0.717) is 5.69 Å². The number of hydrogen-bond acceptors (Lipinski definition) is 5. The summed E-state index contributed by atoms with van der Waals surface area (Å²) < 4.78 is 1.64. The van der Waals surface area contributed by atoms with Gasteiger partial charge in [0.25, 0.3) is 0 Å². The highest BCUT2D eigenvalue weighted by atomic mass is 32.1. The summed E-state index contributed by atoms with van der Waals surface area (Å²) in [6, 6.07) is 7.62. The molecule has 4 rings (SSSR count). The normalized spacial score (nSPS) is 17.6. The minimum atomic E-state index is -0.272. The van der Waals surface area contributed by atoms with Crippen LogP contribution in [0.5, 0.6) is 0 Å². The SMILES string of the molecule is CC1(C)Nc2ccccc2C1NC(=O)Nc1cnn(-c2nccs2)c1. The Balaban J connectivity index is 1.47. The molecule has 0 saturated heterocycles. The van der Waals surface area contributed by atoms with Crippen LogP contribution in [0.15, 0.2) is 48.2 Å². The lowest BCUT2D eigenvalue weighted by Gasteiger charge is -2.28. The van der Waals surface area contributed by atoms with Crippen LogP contribution < -0.4 is 16.0 Å². The van der Waals surface area contributed by atoms with E-state index in [-0.39, 0.29) is 17.6 Å². The number of rotatable bonds is 3. The molecule has 7 nitrogen and oxygen atoms in total. The Labute approximate surface area is 149 Å². The molecule has 1 aliphatic heterocycles. The molecule has 3 heterocycles. The maximum absolute atomic E-state index is 12.5. The largest absolute Gasteiger partial charge is 0.377 e. The third-order valence-corrected chi connectivity index (χ3v) is 4.94. The van der Waals surface area contributed by atoms with Crippen LogP contribution in [0.3, 0.4) is 0 Å². The number of thiazole rings is 1. The number of anilines is 2. The maximum Gasteiger partial charge on any atom is 0.319 e. The molecule has 0 radical (unpaired) electrons. The van der Waals surface area contributed by atoms with Gasteiger partial charge in [0, 0.05) is 17.3 Å². The second kappa shape index (κ2) is 5.89. The first-order valence-corrected chi connectivity index (χ1v) is 8.80. The molecule has 1 aromatic carbocycles. The molecule has 3 N–H and O–H groups in total. The average Bonchev–Trinajstić information content (AvgIpc) is 3.27. The molecule has 0 bridgehead atoms. The highest BCUT2D eigenvalue weighted by Gasteiger charge is 2.39. The van der Waals surface area contributed by atoms with Crippen molar-refractivity contribution >= 4 is 28.7 Å². The van der Waals surface area contributed by atoms with E-state index >= 15 is 0 Å². The number of para-hydroxylation sites is 1. The molecular formula is C17H18N6OS. The number of carbonyl (C=O) groups is 1. The molecule has 25 heavy (non-hydrogen) atoms. The van der Waals surface area contributed by atoms with E-state index < -0.39 is 0 Å². The second-order valence-electron chi connectivity index (χ2n) is 6.45. The van der Waals surface area contributed by atoms with Crippen LogP contribution in [0.25, 0.3) is 5.13 Å². The van der Waals surface area contributed by atoms with Gasteiger partial charge in [-0.15, -0.1) is 11.3 Å². The number of nitrogens with one attached hydrogen (secondary N) is 3. The summed E-state index contributed by atoms with van der Waals surface area (Å²) in [5.41, 5.74) is 2.48. The number of aromatic nitrogens is 3. The lowest BCUT2D eigenvalue weighted by atomic mass is 9.93. The molecule has 1 atom stereocenters. The zero-order valence-electron chi connectivity index (χ0n) is 13.9. The number of benzene rings is 1. The zero-order valence-corrected chi connectivity index (χ0v) is 14.7. The van der Waals surface area contributed by atoms with Gasteiger partial charge >= 0.3 is 6.03 Å². The van der Waals surface area contributed by atoms with Gasteiger partial charge in [0.2, 0.25) is 5.13 Å². The number of nitrogens with zero attached hydrogens (tertiary/aromatic N) is 3. The van der Waals surface area contributed by atoms with Gasteiger partial charge in [0.15, 0.2) is 0 Å². The van der Waals surface area contributed by atoms with Gasteiger partial charge in [0.1, 0.15) is 0 Å². The molecule has 0 aliphatic carbocycles. The molecule has 1 aliphatic rings. The fraction of sp³-hybridized carbons (Fsp3) is 0.235. The van der Waals surface area contributed by atoms with E-state index in [1.807, 2.05) is 29.6 Å². The Morgan fingerprint density at radius 2 is 2.20 bits per heavy atom. The highest BCUT2D eigenvalue weighted by Crippen LogP contribution is 2.40. The smallest absolute Gasteiger partial charge is 0.319 e. The molecule has 0 saturated carbocycles. The first kappa shape index (κ1) is 15.6. The van der Waals surface area contributed by atoms with Crippen LogP contribution in [0.2, 0.25) is 0 Å². The van der Waals surface area contributed by atoms with Crippen molar-refractivity contribution in [1.29, 1.82) is 0 Å².